The molecule has 0 radical (unpaired) electrons. The van der Waals surface area contributed by atoms with Gasteiger partial charge >= 0.3 is 11.6 Å². The molecule has 0 aliphatic heterocycles. The van der Waals surface area contributed by atoms with Gasteiger partial charge in [0, 0.05) is 17.0 Å². The van der Waals surface area contributed by atoms with E-state index >= 15 is 0 Å². The van der Waals surface area contributed by atoms with Crippen LogP contribution in [-0.2, 0) is 16.0 Å². The van der Waals surface area contributed by atoms with Crippen molar-refractivity contribution in [3.8, 4) is 5.75 Å². The number of carboxylic acid groups (broad SMARTS) is 1. The summed E-state index contributed by atoms with van der Waals surface area (Å²) in [6.45, 7) is 9.03. The second-order valence-corrected chi connectivity index (χ2v) is 7.30. The average Bonchev–Trinajstić information content (AvgIpc) is 2.62. The van der Waals surface area contributed by atoms with Crippen molar-refractivity contribution in [2.24, 2.45) is 5.92 Å². The Hall–Kier alpha value is -2.83. The Bertz CT molecular complexity index is 930. The highest BCUT2D eigenvalue weighted by atomic mass is 16.5. The van der Waals surface area contributed by atoms with Crippen LogP contribution in [0.2, 0.25) is 0 Å². The molecule has 7 nitrogen and oxygen atoms in total. The van der Waals surface area contributed by atoms with Crippen molar-refractivity contribution in [3.05, 3.63) is 39.7 Å². The number of aliphatic carboxylic acids is 1. The molecule has 0 bridgehead atoms. The lowest BCUT2D eigenvalue weighted by Crippen LogP contribution is -2.46. The monoisotopic (exact) mass is 389 g/mol. The summed E-state index contributed by atoms with van der Waals surface area (Å²) < 4.78 is 11.1. The minimum atomic E-state index is -1.08. The standard InChI is InChI=1S/C21H27NO6/c1-6-14-10-18(23)28-19-12(4)17(8-7-15(14)19)27-13(5)20(24)22-16(21(25)26)9-11(2)3/h7-8,10-11,13,16H,6,9H2,1-5H3,(H,22,24)(H,25,26)/t13-,16-/m0/s1. The van der Waals surface area contributed by atoms with Gasteiger partial charge in [0.2, 0.25) is 0 Å². The zero-order valence-electron chi connectivity index (χ0n) is 16.9. The first-order valence-electron chi connectivity index (χ1n) is 9.40. The van der Waals surface area contributed by atoms with Crippen molar-refractivity contribution in [1.29, 1.82) is 0 Å². The van der Waals surface area contributed by atoms with Crippen LogP contribution in [0.1, 0.15) is 45.2 Å². The molecule has 2 atom stereocenters. The molecular weight excluding hydrogens is 362 g/mol. The number of amides is 1. The molecule has 28 heavy (non-hydrogen) atoms. The number of nitrogens with one attached hydrogen (secondary N) is 1. The van der Waals surface area contributed by atoms with E-state index in [1.54, 1.807) is 26.0 Å². The van der Waals surface area contributed by atoms with Gasteiger partial charge in [0.15, 0.2) is 6.10 Å². The first-order chi connectivity index (χ1) is 13.1. The maximum atomic E-state index is 12.4. The number of hydrogen-bond acceptors (Lipinski definition) is 5. The fourth-order valence-electron chi connectivity index (χ4n) is 3.05. The molecule has 0 saturated carbocycles. The summed E-state index contributed by atoms with van der Waals surface area (Å²) in [6.07, 6.45) is 0.104. The molecule has 0 aliphatic carbocycles. The first kappa shape index (κ1) is 21.5. The molecule has 2 N–H and O–H groups in total. The van der Waals surface area contributed by atoms with Crippen LogP contribution in [0.25, 0.3) is 11.0 Å². The van der Waals surface area contributed by atoms with E-state index in [0.717, 1.165) is 10.9 Å². The third-order valence-electron chi connectivity index (χ3n) is 4.57. The number of hydrogen-bond donors (Lipinski definition) is 2. The predicted octanol–water partition coefficient (Wildman–Crippen LogP) is 3.05. The molecule has 1 heterocycles. The van der Waals surface area contributed by atoms with Crippen LogP contribution in [0, 0.1) is 12.8 Å². The van der Waals surface area contributed by atoms with Crippen LogP contribution in [0.5, 0.6) is 5.75 Å². The molecule has 1 amide bonds. The van der Waals surface area contributed by atoms with E-state index < -0.39 is 29.6 Å². The molecule has 1 aromatic carbocycles. The van der Waals surface area contributed by atoms with Gasteiger partial charge in [-0.15, -0.1) is 0 Å². The van der Waals surface area contributed by atoms with Crippen LogP contribution in [0.15, 0.2) is 27.4 Å². The third kappa shape index (κ3) is 4.91. The normalized spacial score (nSPS) is 13.4. The van der Waals surface area contributed by atoms with Gasteiger partial charge in [0.25, 0.3) is 5.91 Å². The second kappa shape index (κ2) is 8.91. The molecule has 152 valence electrons. The third-order valence-corrected chi connectivity index (χ3v) is 4.57. The van der Waals surface area contributed by atoms with Gasteiger partial charge < -0.3 is 19.6 Å². The highest BCUT2D eigenvalue weighted by Gasteiger charge is 2.25. The van der Waals surface area contributed by atoms with E-state index in [4.69, 9.17) is 9.15 Å². The average molecular weight is 389 g/mol. The molecule has 2 rings (SSSR count). The molecule has 0 aliphatic rings. The van der Waals surface area contributed by atoms with Crippen molar-refractivity contribution < 1.29 is 23.8 Å². The Labute approximate surface area is 163 Å². The summed E-state index contributed by atoms with van der Waals surface area (Å²) in [5.41, 5.74) is 1.48. The van der Waals surface area contributed by atoms with Crippen molar-refractivity contribution in [3.63, 3.8) is 0 Å². The predicted molar refractivity (Wildman–Crippen MR) is 106 cm³/mol. The summed E-state index contributed by atoms with van der Waals surface area (Å²) in [7, 11) is 0. The van der Waals surface area contributed by atoms with E-state index in [9.17, 15) is 19.5 Å². The maximum absolute atomic E-state index is 12.4. The van der Waals surface area contributed by atoms with Gasteiger partial charge in [0.1, 0.15) is 17.4 Å². The Morgan fingerprint density at radius 1 is 1.25 bits per heavy atom. The van der Waals surface area contributed by atoms with Crippen LogP contribution in [-0.4, -0.2) is 29.1 Å². The number of aryl methyl sites for hydroxylation is 2. The number of fused-ring (bicyclic) bond motifs is 1. The van der Waals surface area contributed by atoms with Crippen molar-refractivity contribution in [1.82, 2.24) is 5.32 Å². The number of rotatable bonds is 8. The summed E-state index contributed by atoms with van der Waals surface area (Å²) >= 11 is 0. The van der Waals surface area contributed by atoms with Crippen LogP contribution >= 0.6 is 0 Å². The molecule has 0 unspecified atom stereocenters. The van der Waals surface area contributed by atoms with Gasteiger partial charge in [0.05, 0.1) is 0 Å². The molecule has 0 fully saturated rings. The fourth-order valence-corrected chi connectivity index (χ4v) is 3.05. The Morgan fingerprint density at radius 2 is 1.93 bits per heavy atom. The smallest absolute Gasteiger partial charge is 0.336 e. The van der Waals surface area contributed by atoms with Gasteiger partial charge in [-0.05, 0) is 50.3 Å². The highest BCUT2D eigenvalue weighted by Crippen LogP contribution is 2.29. The lowest BCUT2D eigenvalue weighted by molar-refractivity contribution is -0.143. The second-order valence-electron chi connectivity index (χ2n) is 7.30. The van der Waals surface area contributed by atoms with Crippen LogP contribution < -0.4 is 15.7 Å². The van der Waals surface area contributed by atoms with Gasteiger partial charge in [-0.2, -0.15) is 0 Å². The quantitative estimate of drug-likeness (QED) is 0.672. The molecular formula is C21H27NO6. The van der Waals surface area contributed by atoms with E-state index in [0.29, 0.717) is 29.7 Å². The number of ether oxygens (including phenoxy) is 1. The minimum Gasteiger partial charge on any atom is -0.480 e. The minimum absolute atomic E-state index is 0.121. The Morgan fingerprint density at radius 3 is 2.50 bits per heavy atom. The van der Waals surface area contributed by atoms with Crippen LogP contribution in [0.4, 0.5) is 0 Å². The van der Waals surface area contributed by atoms with Crippen molar-refractivity contribution >= 4 is 22.8 Å². The van der Waals surface area contributed by atoms with Gasteiger partial charge in [-0.1, -0.05) is 20.8 Å². The summed E-state index contributed by atoms with van der Waals surface area (Å²) in [4.78, 5) is 35.6. The molecule has 1 aromatic heterocycles. The largest absolute Gasteiger partial charge is 0.480 e. The zero-order chi connectivity index (χ0) is 21.0. The lowest BCUT2D eigenvalue weighted by Gasteiger charge is -2.21. The number of carbonyl (C=O) groups is 2. The number of carboxylic acids is 1. The molecule has 0 saturated heterocycles. The van der Waals surface area contributed by atoms with Gasteiger partial charge in [-0.3, -0.25) is 4.79 Å². The van der Waals surface area contributed by atoms with Crippen molar-refractivity contribution in [2.45, 2.75) is 59.6 Å². The van der Waals surface area contributed by atoms with Crippen LogP contribution in [0.3, 0.4) is 0 Å². The number of benzene rings is 1. The van der Waals surface area contributed by atoms with E-state index in [1.165, 1.54) is 6.07 Å². The van der Waals surface area contributed by atoms with E-state index in [-0.39, 0.29) is 5.92 Å². The molecule has 0 spiro atoms. The van der Waals surface area contributed by atoms with E-state index in [2.05, 4.69) is 5.32 Å². The highest BCUT2D eigenvalue weighted by molar-refractivity contribution is 5.87. The number of carbonyl (C=O) groups excluding carboxylic acids is 1. The SMILES string of the molecule is CCc1cc(=O)oc2c(C)c(O[C@@H](C)C(=O)N[C@@H](CC(C)C)C(=O)O)ccc12. The first-order valence-corrected chi connectivity index (χ1v) is 9.40. The van der Waals surface area contributed by atoms with Crippen molar-refractivity contribution in [2.75, 3.05) is 0 Å². The summed E-state index contributed by atoms with van der Waals surface area (Å²) in [5, 5.41) is 12.6. The lowest BCUT2D eigenvalue weighted by atomic mass is 10.0. The molecule has 7 heteroatoms. The Balaban J connectivity index is 2.23. The van der Waals surface area contributed by atoms with Gasteiger partial charge in [-0.25, -0.2) is 9.59 Å². The summed E-state index contributed by atoms with van der Waals surface area (Å²) in [5.74, 6) is -1.07. The topological polar surface area (TPSA) is 106 Å². The summed E-state index contributed by atoms with van der Waals surface area (Å²) in [6, 6.07) is 4.02. The zero-order valence-corrected chi connectivity index (χ0v) is 16.9. The van der Waals surface area contributed by atoms with E-state index in [1.807, 2.05) is 20.8 Å². The molecule has 2 aromatic rings. The maximum Gasteiger partial charge on any atom is 0.336 e. The Kier molecular flexibility index (Phi) is 6.83. The fraction of sp³-hybridized carbons (Fsp3) is 0.476.